The van der Waals surface area contributed by atoms with E-state index in [1.54, 1.807) is 0 Å². The van der Waals surface area contributed by atoms with Crippen molar-refractivity contribution >= 4 is 0 Å². The molecule has 0 aromatic heterocycles. The Bertz CT molecular complexity index is 289. The molecule has 1 aliphatic carbocycles. The van der Waals surface area contributed by atoms with Crippen LogP contribution >= 0.6 is 0 Å². The summed E-state index contributed by atoms with van der Waals surface area (Å²) in [4.78, 5) is 2.96. The van der Waals surface area contributed by atoms with Crippen molar-refractivity contribution in [3.63, 3.8) is 0 Å². The van der Waals surface area contributed by atoms with Crippen molar-refractivity contribution in [2.24, 2.45) is 21.4 Å². The summed E-state index contributed by atoms with van der Waals surface area (Å²) in [5.41, 5.74) is 9.47. The Balaban J connectivity index is 2.96. The van der Waals surface area contributed by atoms with Crippen LogP contribution in [0.25, 0.3) is 10.4 Å². The highest BCUT2D eigenvalue weighted by Crippen LogP contribution is 2.59. The van der Waals surface area contributed by atoms with Gasteiger partial charge in [0, 0.05) is 11.0 Å². The van der Waals surface area contributed by atoms with Gasteiger partial charge in [-0.3, -0.25) is 0 Å². The molecule has 1 saturated carbocycles. The summed E-state index contributed by atoms with van der Waals surface area (Å²) in [6.45, 7) is 14.1. The third-order valence-corrected chi connectivity index (χ3v) is 4.89. The van der Waals surface area contributed by atoms with Gasteiger partial charge < -0.3 is 0 Å². The highest BCUT2D eigenvalue weighted by molar-refractivity contribution is 5.01. The second kappa shape index (κ2) is 4.53. The lowest BCUT2D eigenvalue weighted by Gasteiger charge is -2.57. The van der Waals surface area contributed by atoms with E-state index in [0.717, 1.165) is 12.8 Å². The lowest BCUT2D eigenvalue weighted by atomic mass is 9.48. The molecule has 0 aromatic rings. The minimum absolute atomic E-state index is 0.220. The van der Waals surface area contributed by atoms with E-state index in [0.29, 0.717) is 16.2 Å². The molecule has 0 bridgehead atoms. The third-order valence-electron chi connectivity index (χ3n) is 4.89. The SMILES string of the molecule is CC(C)(C)C1(C(C)(C)C)CCC(N=[N+]=[N-])CC1. The van der Waals surface area contributed by atoms with E-state index in [1.807, 2.05) is 0 Å². The molecule has 1 fully saturated rings. The Kier molecular flexibility index (Phi) is 3.83. The van der Waals surface area contributed by atoms with Crippen LogP contribution < -0.4 is 0 Å². The second-order valence-electron chi connectivity index (χ2n) is 7.52. The van der Waals surface area contributed by atoms with Crippen LogP contribution in [0.15, 0.2) is 5.11 Å². The van der Waals surface area contributed by atoms with Crippen LogP contribution in [0.5, 0.6) is 0 Å². The number of hydrogen-bond acceptors (Lipinski definition) is 1. The normalized spacial score (nSPS) is 22.0. The first-order valence-electron chi connectivity index (χ1n) is 6.68. The highest BCUT2D eigenvalue weighted by atomic mass is 15.1. The quantitative estimate of drug-likeness (QED) is 0.337. The Morgan fingerprint density at radius 3 is 1.71 bits per heavy atom. The fourth-order valence-corrected chi connectivity index (χ4v) is 3.91. The van der Waals surface area contributed by atoms with Crippen molar-refractivity contribution in [3.05, 3.63) is 10.4 Å². The minimum atomic E-state index is 0.220. The van der Waals surface area contributed by atoms with Crippen LogP contribution in [0.3, 0.4) is 0 Å². The number of hydrogen-bond donors (Lipinski definition) is 0. The monoisotopic (exact) mass is 237 g/mol. The van der Waals surface area contributed by atoms with E-state index in [9.17, 15) is 0 Å². The van der Waals surface area contributed by atoms with E-state index in [-0.39, 0.29) is 6.04 Å². The maximum atomic E-state index is 8.53. The molecule has 0 radical (unpaired) electrons. The van der Waals surface area contributed by atoms with Crippen molar-refractivity contribution in [1.82, 2.24) is 0 Å². The zero-order valence-electron chi connectivity index (χ0n) is 12.2. The highest BCUT2D eigenvalue weighted by Gasteiger charge is 2.51. The molecule has 0 heterocycles. The van der Waals surface area contributed by atoms with Gasteiger partial charge in [-0.15, -0.1) is 0 Å². The van der Waals surface area contributed by atoms with Gasteiger partial charge in [0.25, 0.3) is 0 Å². The molecule has 0 unspecified atom stereocenters. The van der Waals surface area contributed by atoms with Gasteiger partial charge in [-0.2, -0.15) is 0 Å². The predicted octanol–water partition coefficient (Wildman–Crippen LogP) is 5.32. The molecule has 1 rings (SSSR count). The van der Waals surface area contributed by atoms with Gasteiger partial charge in [0.2, 0.25) is 0 Å². The fraction of sp³-hybridized carbons (Fsp3) is 1.00. The lowest BCUT2D eigenvalue weighted by Crippen LogP contribution is -2.49. The van der Waals surface area contributed by atoms with Crippen LogP contribution in [-0.2, 0) is 0 Å². The van der Waals surface area contributed by atoms with Crippen molar-refractivity contribution in [3.8, 4) is 0 Å². The minimum Gasteiger partial charge on any atom is -0.0906 e. The zero-order chi connectivity index (χ0) is 13.3. The summed E-state index contributed by atoms with van der Waals surface area (Å²) < 4.78 is 0. The van der Waals surface area contributed by atoms with Gasteiger partial charge >= 0.3 is 0 Å². The first kappa shape index (κ1) is 14.4. The van der Waals surface area contributed by atoms with Crippen LogP contribution in [0.1, 0.15) is 67.2 Å². The predicted molar refractivity (Wildman–Crippen MR) is 72.7 cm³/mol. The van der Waals surface area contributed by atoms with Gasteiger partial charge in [-0.1, -0.05) is 46.7 Å². The molecule has 17 heavy (non-hydrogen) atoms. The van der Waals surface area contributed by atoms with Gasteiger partial charge in [0.05, 0.1) is 0 Å². The second-order valence-corrected chi connectivity index (χ2v) is 7.52. The largest absolute Gasteiger partial charge is 0.0906 e. The summed E-state index contributed by atoms with van der Waals surface area (Å²) in [6.07, 6.45) is 4.42. The molecule has 0 N–H and O–H groups in total. The average molecular weight is 237 g/mol. The van der Waals surface area contributed by atoms with Gasteiger partial charge in [0.1, 0.15) is 0 Å². The molecular formula is C14H27N3. The summed E-state index contributed by atoms with van der Waals surface area (Å²) in [5.74, 6) is 0. The van der Waals surface area contributed by atoms with Crippen molar-refractivity contribution < 1.29 is 0 Å². The Morgan fingerprint density at radius 1 is 1.00 bits per heavy atom. The third kappa shape index (κ3) is 2.60. The van der Waals surface area contributed by atoms with Crippen LogP contribution in [0, 0.1) is 16.2 Å². The van der Waals surface area contributed by atoms with Crippen molar-refractivity contribution in [2.75, 3.05) is 0 Å². The lowest BCUT2D eigenvalue weighted by molar-refractivity contribution is -0.0669. The summed E-state index contributed by atoms with van der Waals surface area (Å²) in [5, 5.41) is 3.89. The summed E-state index contributed by atoms with van der Waals surface area (Å²) in [7, 11) is 0. The molecule has 0 saturated heterocycles. The first-order chi connectivity index (χ1) is 7.64. The molecule has 0 aliphatic heterocycles. The van der Waals surface area contributed by atoms with Gasteiger partial charge in [0.15, 0.2) is 0 Å². The van der Waals surface area contributed by atoms with Crippen LogP contribution in [0.4, 0.5) is 0 Å². The maximum Gasteiger partial charge on any atom is 0.0374 e. The number of azide groups is 1. The number of nitrogens with zero attached hydrogens (tertiary/aromatic N) is 3. The summed E-state index contributed by atoms with van der Waals surface area (Å²) >= 11 is 0. The Morgan fingerprint density at radius 2 is 1.41 bits per heavy atom. The van der Waals surface area contributed by atoms with E-state index in [4.69, 9.17) is 5.53 Å². The molecule has 3 nitrogen and oxygen atoms in total. The average Bonchev–Trinajstić information content (AvgIpc) is 2.15. The smallest absolute Gasteiger partial charge is 0.0374 e. The van der Waals surface area contributed by atoms with E-state index < -0.39 is 0 Å². The number of rotatable bonds is 1. The van der Waals surface area contributed by atoms with E-state index in [2.05, 4.69) is 51.6 Å². The molecular weight excluding hydrogens is 210 g/mol. The maximum absolute atomic E-state index is 8.53. The molecule has 98 valence electrons. The zero-order valence-corrected chi connectivity index (χ0v) is 12.2. The van der Waals surface area contributed by atoms with E-state index in [1.165, 1.54) is 12.8 Å². The van der Waals surface area contributed by atoms with Gasteiger partial charge in [-0.05, 0) is 47.5 Å². The first-order valence-corrected chi connectivity index (χ1v) is 6.68. The molecule has 0 aromatic carbocycles. The van der Waals surface area contributed by atoms with Crippen molar-refractivity contribution in [1.29, 1.82) is 0 Å². The van der Waals surface area contributed by atoms with Crippen LogP contribution in [0.2, 0.25) is 0 Å². The standard InChI is InChI=1S/C14H27N3/c1-12(2,3)14(13(4,5)6)9-7-11(8-10-14)16-17-15/h11H,7-10H2,1-6H3. The van der Waals surface area contributed by atoms with Crippen LogP contribution in [-0.4, -0.2) is 6.04 Å². The Labute approximate surface area is 106 Å². The Hall–Kier alpha value is -0.690. The van der Waals surface area contributed by atoms with Crippen molar-refractivity contribution in [2.45, 2.75) is 73.3 Å². The van der Waals surface area contributed by atoms with E-state index >= 15 is 0 Å². The summed E-state index contributed by atoms with van der Waals surface area (Å²) in [6, 6.07) is 0.220. The topological polar surface area (TPSA) is 48.8 Å². The fourth-order valence-electron chi connectivity index (χ4n) is 3.91. The molecule has 0 amide bonds. The molecule has 0 atom stereocenters. The molecule has 1 aliphatic rings. The van der Waals surface area contributed by atoms with Gasteiger partial charge in [-0.25, -0.2) is 0 Å². The molecule has 0 spiro atoms. The molecule has 3 heteroatoms.